The molecule has 0 saturated carbocycles. The number of carbonyl (C=O) groups excluding carboxylic acids is 1. The third kappa shape index (κ3) is 5.21. The zero-order valence-electron chi connectivity index (χ0n) is 4.23. The molecule has 0 aliphatic carbocycles. The van der Waals surface area contributed by atoms with Crippen LogP contribution in [0.3, 0.4) is 0 Å². The van der Waals surface area contributed by atoms with Gasteiger partial charge in [-0.25, -0.2) is 0 Å². The van der Waals surface area contributed by atoms with Crippen molar-refractivity contribution in [1.82, 2.24) is 0 Å². The first-order valence-corrected chi connectivity index (χ1v) is 1.97. The molecule has 0 rings (SSSR count). The maximum atomic E-state index is 9.64. The van der Waals surface area contributed by atoms with E-state index in [1.54, 1.807) is 6.92 Å². The van der Waals surface area contributed by atoms with Crippen molar-refractivity contribution in [3.8, 4) is 0 Å². The fraction of sp³-hybridized carbons (Fsp3) is 0.400. The van der Waals surface area contributed by atoms with Crippen molar-refractivity contribution in [3.05, 3.63) is 12.2 Å². The number of carboxylic acid groups (broad SMARTS) is 1. The minimum Gasteiger partial charge on any atom is -0.550 e. The maximum absolute atomic E-state index is 9.64. The van der Waals surface area contributed by atoms with E-state index in [9.17, 15) is 9.90 Å². The van der Waals surface area contributed by atoms with Crippen molar-refractivity contribution in [1.29, 1.82) is 0 Å². The molecule has 0 aliphatic rings. The van der Waals surface area contributed by atoms with Crippen LogP contribution in [0.2, 0.25) is 0 Å². The standard InChI is InChI=1S/C5H8O2/c1-4(2)3-5(6)7/h1,3H2,2H3,(H,6,7)/p-1. The maximum Gasteiger partial charge on any atom is 0.0454 e. The molecule has 0 N–H and O–H groups in total. The van der Waals surface area contributed by atoms with Crippen LogP contribution in [0.4, 0.5) is 0 Å². The molecular formula is C5H7O2-. The van der Waals surface area contributed by atoms with E-state index >= 15 is 0 Å². The molecule has 7 heavy (non-hydrogen) atoms. The summed E-state index contributed by atoms with van der Waals surface area (Å²) >= 11 is 0. The van der Waals surface area contributed by atoms with E-state index in [1.165, 1.54) is 0 Å². The number of aliphatic carboxylic acids is 1. The van der Waals surface area contributed by atoms with Crippen molar-refractivity contribution in [2.24, 2.45) is 0 Å². The molecule has 0 bridgehead atoms. The second kappa shape index (κ2) is 2.39. The summed E-state index contributed by atoms with van der Waals surface area (Å²) in [6, 6.07) is 0. The van der Waals surface area contributed by atoms with Crippen LogP contribution in [0.15, 0.2) is 12.2 Å². The van der Waals surface area contributed by atoms with Gasteiger partial charge in [0.25, 0.3) is 0 Å². The number of hydrogen-bond donors (Lipinski definition) is 0. The minimum absolute atomic E-state index is 0.0278. The van der Waals surface area contributed by atoms with E-state index in [4.69, 9.17) is 0 Å². The molecule has 0 saturated heterocycles. The predicted octanol–water partition coefficient (Wildman–Crippen LogP) is -0.298. The van der Waals surface area contributed by atoms with Crippen molar-refractivity contribution in [2.75, 3.05) is 0 Å². The van der Waals surface area contributed by atoms with E-state index in [0.717, 1.165) is 0 Å². The molecule has 40 valence electrons. The zero-order chi connectivity index (χ0) is 5.86. The molecule has 0 atom stereocenters. The highest BCUT2D eigenvalue weighted by molar-refractivity contribution is 5.67. The Bertz CT molecular complexity index is 82.3. The van der Waals surface area contributed by atoms with E-state index in [1.807, 2.05) is 0 Å². The topological polar surface area (TPSA) is 40.1 Å². The van der Waals surface area contributed by atoms with Gasteiger partial charge >= 0.3 is 0 Å². The Morgan fingerprint density at radius 1 is 1.86 bits per heavy atom. The first-order valence-electron chi connectivity index (χ1n) is 1.97. The number of carboxylic acids is 1. The Kier molecular flexibility index (Phi) is 2.12. The van der Waals surface area contributed by atoms with Gasteiger partial charge in [-0.1, -0.05) is 12.2 Å². The molecule has 0 aromatic heterocycles. The van der Waals surface area contributed by atoms with Gasteiger partial charge in [0.2, 0.25) is 0 Å². The summed E-state index contributed by atoms with van der Waals surface area (Å²) in [7, 11) is 0. The molecule has 0 fully saturated rings. The summed E-state index contributed by atoms with van der Waals surface area (Å²) in [5.41, 5.74) is 0.625. The van der Waals surface area contributed by atoms with Crippen LogP contribution in [0.25, 0.3) is 0 Å². The average Bonchev–Trinajstić information content (AvgIpc) is 1.27. The second-order valence-electron chi connectivity index (χ2n) is 1.51. The fourth-order valence-corrected chi connectivity index (χ4v) is 0.246. The monoisotopic (exact) mass is 99.0 g/mol. The molecule has 0 radical (unpaired) electrons. The smallest absolute Gasteiger partial charge is 0.0454 e. The highest BCUT2D eigenvalue weighted by Gasteiger charge is 1.81. The van der Waals surface area contributed by atoms with Crippen molar-refractivity contribution in [3.63, 3.8) is 0 Å². The zero-order valence-corrected chi connectivity index (χ0v) is 4.23. The van der Waals surface area contributed by atoms with Gasteiger partial charge in [-0.2, -0.15) is 0 Å². The summed E-state index contributed by atoms with van der Waals surface area (Å²) in [5, 5.41) is 9.64. The van der Waals surface area contributed by atoms with Gasteiger partial charge < -0.3 is 9.90 Å². The van der Waals surface area contributed by atoms with E-state index < -0.39 is 5.97 Å². The number of carbonyl (C=O) groups is 1. The molecule has 2 heteroatoms. The van der Waals surface area contributed by atoms with Crippen LogP contribution in [-0.4, -0.2) is 5.97 Å². The fourth-order valence-electron chi connectivity index (χ4n) is 0.246. The molecule has 0 unspecified atom stereocenters. The third-order valence-corrected chi connectivity index (χ3v) is 0.446. The lowest BCUT2D eigenvalue weighted by atomic mass is 10.2. The number of rotatable bonds is 2. The largest absolute Gasteiger partial charge is 0.550 e. The summed E-state index contributed by atoms with van der Waals surface area (Å²) in [4.78, 5) is 9.64. The lowest BCUT2D eigenvalue weighted by Gasteiger charge is -1.96. The first-order chi connectivity index (χ1) is 3.13. The summed E-state index contributed by atoms with van der Waals surface area (Å²) < 4.78 is 0. The Morgan fingerprint density at radius 2 is 2.29 bits per heavy atom. The minimum atomic E-state index is -1.06. The van der Waals surface area contributed by atoms with Crippen LogP contribution < -0.4 is 5.11 Å². The predicted molar refractivity (Wildman–Crippen MR) is 24.4 cm³/mol. The van der Waals surface area contributed by atoms with E-state index in [0.29, 0.717) is 5.57 Å². The highest BCUT2D eigenvalue weighted by Crippen LogP contribution is 1.90. The lowest BCUT2D eigenvalue weighted by molar-refractivity contribution is -0.304. The normalized spacial score (nSPS) is 8.14. The molecular weight excluding hydrogens is 92.1 g/mol. The molecule has 0 amide bonds. The van der Waals surface area contributed by atoms with Gasteiger partial charge in [-0.15, -0.1) is 0 Å². The van der Waals surface area contributed by atoms with Crippen LogP contribution in [-0.2, 0) is 4.79 Å². The van der Waals surface area contributed by atoms with Gasteiger partial charge in [0.05, 0.1) is 0 Å². The van der Waals surface area contributed by atoms with E-state index in [2.05, 4.69) is 6.58 Å². The first kappa shape index (κ1) is 6.21. The third-order valence-electron chi connectivity index (χ3n) is 0.446. The molecule has 0 heterocycles. The quantitative estimate of drug-likeness (QED) is 0.446. The summed E-state index contributed by atoms with van der Waals surface area (Å²) in [6.45, 7) is 5.02. The molecule has 0 spiro atoms. The molecule has 0 aromatic rings. The Balaban J connectivity index is 3.32. The Hall–Kier alpha value is -0.790. The molecule has 0 aliphatic heterocycles. The molecule has 0 aromatic carbocycles. The average molecular weight is 99.1 g/mol. The van der Waals surface area contributed by atoms with E-state index in [-0.39, 0.29) is 6.42 Å². The Morgan fingerprint density at radius 3 is 2.29 bits per heavy atom. The van der Waals surface area contributed by atoms with Gasteiger partial charge in [-0.3, -0.25) is 0 Å². The van der Waals surface area contributed by atoms with Gasteiger partial charge in [-0.05, 0) is 6.92 Å². The second-order valence-corrected chi connectivity index (χ2v) is 1.51. The van der Waals surface area contributed by atoms with Crippen LogP contribution >= 0.6 is 0 Å². The van der Waals surface area contributed by atoms with Crippen molar-refractivity contribution >= 4 is 5.97 Å². The molecule has 2 nitrogen and oxygen atoms in total. The van der Waals surface area contributed by atoms with Crippen LogP contribution in [0.5, 0.6) is 0 Å². The Labute approximate surface area is 42.5 Å². The van der Waals surface area contributed by atoms with Gasteiger partial charge in [0.1, 0.15) is 0 Å². The van der Waals surface area contributed by atoms with Crippen LogP contribution in [0.1, 0.15) is 13.3 Å². The van der Waals surface area contributed by atoms with Crippen LogP contribution in [0, 0.1) is 0 Å². The van der Waals surface area contributed by atoms with Gasteiger partial charge in [0.15, 0.2) is 0 Å². The van der Waals surface area contributed by atoms with Crippen molar-refractivity contribution < 1.29 is 9.90 Å². The SMILES string of the molecule is C=C(C)CC(=O)[O-]. The summed E-state index contributed by atoms with van der Waals surface area (Å²) in [5.74, 6) is -1.06. The van der Waals surface area contributed by atoms with Gasteiger partial charge in [0, 0.05) is 12.4 Å². The highest BCUT2D eigenvalue weighted by atomic mass is 16.4. The summed E-state index contributed by atoms with van der Waals surface area (Å²) in [6.07, 6.45) is -0.0278. The lowest BCUT2D eigenvalue weighted by Crippen LogP contribution is -2.21. The number of hydrogen-bond acceptors (Lipinski definition) is 2. The van der Waals surface area contributed by atoms with Crippen molar-refractivity contribution in [2.45, 2.75) is 13.3 Å².